The summed E-state index contributed by atoms with van der Waals surface area (Å²) in [4.78, 5) is 13.0. The Morgan fingerprint density at radius 1 is 1.04 bits per heavy atom. The fourth-order valence-electron chi connectivity index (χ4n) is 2.51. The number of oxazole rings is 1. The van der Waals surface area contributed by atoms with Crippen LogP contribution in [0.5, 0.6) is 0 Å². The SMILES string of the molecule is Clc1cccc(-c2nc(Cn3ccnc3-c3ccncc3)co2)c1. The van der Waals surface area contributed by atoms with E-state index in [1.54, 1.807) is 24.9 Å². The summed E-state index contributed by atoms with van der Waals surface area (Å²) in [5.41, 5.74) is 2.68. The molecule has 0 atom stereocenters. The van der Waals surface area contributed by atoms with Gasteiger partial charge in [-0.25, -0.2) is 9.97 Å². The van der Waals surface area contributed by atoms with Gasteiger partial charge in [-0.05, 0) is 30.3 Å². The molecular formula is C18H13ClN4O. The smallest absolute Gasteiger partial charge is 0.226 e. The Hall–Kier alpha value is -2.92. The standard InChI is InChI=1S/C18H13ClN4O/c19-15-3-1-2-14(10-15)18-22-16(12-24-18)11-23-9-8-21-17(23)13-4-6-20-7-5-13/h1-10,12H,11H2. The van der Waals surface area contributed by atoms with Gasteiger partial charge in [-0.2, -0.15) is 0 Å². The van der Waals surface area contributed by atoms with Gasteiger partial charge in [-0.15, -0.1) is 0 Å². The largest absolute Gasteiger partial charge is 0.444 e. The van der Waals surface area contributed by atoms with Crippen LogP contribution in [0.15, 0.2) is 71.9 Å². The maximum absolute atomic E-state index is 6.02. The van der Waals surface area contributed by atoms with Gasteiger partial charge in [0.1, 0.15) is 12.1 Å². The van der Waals surface area contributed by atoms with Crippen LogP contribution in [0.3, 0.4) is 0 Å². The highest BCUT2D eigenvalue weighted by molar-refractivity contribution is 6.30. The number of nitrogens with zero attached hydrogens (tertiary/aromatic N) is 4. The summed E-state index contributed by atoms with van der Waals surface area (Å²) in [6.07, 6.45) is 8.85. The van der Waals surface area contributed by atoms with Gasteiger partial charge in [0.15, 0.2) is 0 Å². The zero-order chi connectivity index (χ0) is 16.4. The van der Waals surface area contributed by atoms with Crippen molar-refractivity contribution in [2.45, 2.75) is 6.54 Å². The molecule has 4 aromatic rings. The van der Waals surface area contributed by atoms with Crippen LogP contribution < -0.4 is 0 Å². The van der Waals surface area contributed by atoms with Crippen LogP contribution in [0, 0.1) is 0 Å². The Morgan fingerprint density at radius 3 is 2.75 bits per heavy atom. The number of imidazole rings is 1. The number of pyridine rings is 1. The van der Waals surface area contributed by atoms with E-state index >= 15 is 0 Å². The lowest BCUT2D eigenvalue weighted by atomic mass is 10.2. The van der Waals surface area contributed by atoms with Crippen molar-refractivity contribution in [3.63, 3.8) is 0 Å². The van der Waals surface area contributed by atoms with Gasteiger partial charge >= 0.3 is 0 Å². The van der Waals surface area contributed by atoms with Gasteiger partial charge in [0.2, 0.25) is 5.89 Å². The van der Waals surface area contributed by atoms with Crippen molar-refractivity contribution in [1.29, 1.82) is 0 Å². The van der Waals surface area contributed by atoms with E-state index in [1.165, 1.54) is 0 Å². The Morgan fingerprint density at radius 2 is 1.92 bits per heavy atom. The molecular weight excluding hydrogens is 324 g/mol. The molecule has 0 spiro atoms. The zero-order valence-corrected chi connectivity index (χ0v) is 13.4. The van der Waals surface area contributed by atoms with Crippen molar-refractivity contribution >= 4 is 11.6 Å². The minimum atomic E-state index is 0.554. The van der Waals surface area contributed by atoms with Crippen LogP contribution in [0.1, 0.15) is 5.69 Å². The second kappa shape index (κ2) is 6.29. The van der Waals surface area contributed by atoms with E-state index in [9.17, 15) is 0 Å². The Kier molecular flexibility index (Phi) is 3.84. The van der Waals surface area contributed by atoms with Crippen molar-refractivity contribution in [3.05, 3.63) is 78.2 Å². The highest BCUT2D eigenvalue weighted by Crippen LogP contribution is 2.23. The molecule has 0 aliphatic rings. The summed E-state index contributed by atoms with van der Waals surface area (Å²) in [5.74, 6) is 1.42. The minimum absolute atomic E-state index is 0.554. The summed E-state index contributed by atoms with van der Waals surface area (Å²) in [5, 5.41) is 0.654. The molecule has 4 rings (SSSR count). The van der Waals surface area contributed by atoms with E-state index in [0.29, 0.717) is 17.5 Å². The number of benzene rings is 1. The summed E-state index contributed by atoms with van der Waals surface area (Å²) < 4.78 is 7.61. The Bertz CT molecular complexity index is 962. The average Bonchev–Trinajstić information content (AvgIpc) is 3.26. The molecule has 6 heteroatoms. The number of hydrogen-bond acceptors (Lipinski definition) is 4. The van der Waals surface area contributed by atoms with Crippen molar-refractivity contribution in [2.75, 3.05) is 0 Å². The van der Waals surface area contributed by atoms with Gasteiger partial charge in [0, 0.05) is 40.9 Å². The van der Waals surface area contributed by atoms with Crippen molar-refractivity contribution in [3.8, 4) is 22.8 Å². The van der Waals surface area contributed by atoms with E-state index in [2.05, 4.69) is 15.0 Å². The third-order valence-electron chi connectivity index (χ3n) is 3.61. The lowest BCUT2D eigenvalue weighted by Gasteiger charge is -2.05. The summed E-state index contributed by atoms with van der Waals surface area (Å²) >= 11 is 6.02. The number of halogens is 1. The molecule has 0 amide bonds. The predicted molar refractivity (Wildman–Crippen MR) is 91.5 cm³/mol. The molecule has 24 heavy (non-hydrogen) atoms. The maximum Gasteiger partial charge on any atom is 0.226 e. The van der Waals surface area contributed by atoms with E-state index in [-0.39, 0.29) is 0 Å². The summed E-state index contributed by atoms with van der Waals surface area (Å²) in [6.45, 7) is 0.571. The quantitative estimate of drug-likeness (QED) is 0.557. The zero-order valence-electron chi connectivity index (χ0n) is 12.6. The first-order chi connectivity index (χ1) is 11.8. The average molecular weight is 337 g/mol. The lowest BCUT2D eigenvalue weighted by molar-refractivity contribution is 0.571. The van der Waals surface area contributed by atoms with Crippen molar-refractivity contribution in [2.24, 2.45) is 0 Å². The van der Waals surface area contributed by atoms with Gasteiger partial charge in [0.25, 0.3) is 0 Å². The van der Waals surface area contributed by atoms with Gasteiger partial charge in [0.05, 0.1) is 12.2 Å². The van der Waals surface area contributed by atoms with Crippen LogP contribution in [0.2, 0.25) is 5.02 Å². The highest BCUT2D eigenvalue weighted by Gasteiger charge is 2.11. The van der Waals surface area contributed by atoms with Crippen LogP contribution in [-0.2, 0) is 6.54 Å². The third-order valence-corrected chi connectivity index (χ3v) is 3.84. The first-order valence-corrected chi connectivity index (χ1v) is 7.79. The Labute approximate surface area is 143 Å². The number of aromatic nitrogens is 4. The molecule has 118 valence electrons. The van der Waals surface area contributed by atoms with Crippen LogP contribution >= 0.6 is 11.6 Å². The van der Waals surface area contributed by atoms with Gasteiger partial charge < -0.3 is 8.98 Å². The molecule has 0 aliphatic heterocycles. The first kappa shape index (κ1) is 14.7. The van der Waals surface area contributed by atoms with Gasteiger partial charge in [-0.1, -0.05) is 17.7 Å². The van der Waals surface area contributed by atoms with Crippen LogP contribution in [0.4, 0.5) is 0 Å². The van der Waals surface area contributed by atoms with Crippen LogP contribution in [-0.4, -0.2) is 19.5 Å². The fraction of sp³-hybridized carbons (Fsp3) is 0.0556. The van der Waals surface area contributed by atoms with Crippen molar-refractivity contribution < 1.29 is 4.42 Å². The molecule has 0 unspecified atom stereocenters. The van der Waals surface area contributed by atoms with Gasteiger partial charge in [-0.3, -0.25) is 4.98 Å². The van der Waals surface area contributed by atoms with Crippen molar-refractivity contribution in [1.82, 2.24) is 19.5 Å². The molecule has 0 saturated carbocycles. The van der Waals surface area contributed by atoms with Crippen LogP contribution in [0.25, 0.3) is 22.8 Å². The molecule has 5 nitrogen and oxygen atoms in total. The molecule has 0 radical (unpaired) electrons. The lowest BCUT2D eigenvalue weighted by Crippen LogP contribution is -2.01. The molecule has 0 bridgehead atoms. The second-order valence-electron chi connectivity index (χ2n) is 5.27. The van der Waals surface area contributed by atoms with E-state index < -0.39 is 0 Å². The molecule has 0 saturated heterocycles. The third kappa shape index (κ3) is 2.94. The second-order valence-corrected chi connectivity index (χ2v) is 5.71. The maximum atomic E-state index is 6.02. The topological polar surface area (TPSA) is 56.7 Å². The normalized spacial score (nSPS) is 10.9. The molecule has 0 fully saturated rings. The molecule has 0 aliphatic carbocycles. The number of rotatable bonds is 4. The van der Waals surface area contributed by atoms with E-state index in [4.69, 9.17) is 16.0 Å². The van der Waals surface area contributed by atoms with E-state index in [1.807, 2.05) is 47.2 Å². The van der Waals surface area contributed by atoms with E-state index in [0.717, 1.165) is 22.6 Å². The fourth-order valence-corrected chi connectivity index (χ4v) is 2.70. The monoisotopic (exact) mass is 336 g/mol. The Balaban J connectivity index is 1.61. The molecule has 1 aromatic carbocycles. The molecule has 3 aromatic heterocycles. The minimum Gasteiger partial charge on any atom is -0.444 e. The number of hydrogen-bond donors (Lipinski definition) is 0. The predicted octanol–water partition coefficient (Wildman–Crippen LogP) is 4.30. The molecule has 0 N–H and O–H groups in total. The summed E-state index contributed by atoms with van der Waals surface area (Å²) in [7, 11) is 0. The summed E-state index contributed by atoms with van der Waals surface area (Å²) in [6, 6.07) is 11.3. The highest BCUT2D eigenvalue weighted by atomic mass is 35.5. The first-order valence-electron chi connectivity index (χ1n) is 7.41. The molecule has 3 heterocycles.